The molecule has 0 saturated heterocycles. The molecule has 5 unspecified atom stereocenters. The van der Waals surface area contributed by atoms with E-state index in [-0.39, 0.29) is 32.1 Å². The SMILES string of the molecule is CC(F)C(CCC1CCCCC1F)NCOCC1=CCCC(C(F)(F)F)C1. The van der Waals surface area contributed by atoms with Gasteiger partial charge in [-0.15, -0.1) is 0 Å². The molecule has 0 spiro atoms. The van der Waals surface area contributed by atoms with E-state index in [1.54, 1.807) is 0 Å². The van der Waals surface area contributed by atoms with Gasteiger partial charge in [-0.05, 0) is 63.4 Å². The lowest BCUT2D eigenvalue weighted by atomic mass is 9.83. The highest BCUT2D eigenvalue weighted by Crippen LogP contribution is 2.37. The van der Waals surface area contributed by atoms with Crippen LogP contribution in [-0.2, 0) is 4.74 Å². The smallest absolute Gasteiger partial charge is 0.362 e. The summed E-state index contributed by atoms with van der Waals surface area (Å²) in [6.07, 6.45) is 0.873. The van der Waals surface area contributed by atoms with Crippen molar-refractivity contribution in [3.8, 4) is 0 Å². The lowest BCUT2D eigenvalue weighted by Crippen LogP contribution is -2.38. The van der Waals surface area contributed by atoms with E-state index in [9.17, 15) is 22.0 Å². The third-order valence-electron chi connectivity index (χ3n) is 5.87. The maximum absolute atomic E-state index is 13.9. The first-order valence-corrected chi connectivity index (χ1v) is 10.1. The van der Waals surface area contributed by atoms with Crippen LogP contribution in [0.5, 0.6) is 0 Å². The summed E-state index contributed by atoms with van der Waals surface area (Å²) in [5, 5.41) is 2.99. The fourth-order valence-corrected chi connectivity index (χ4v) is 4.11. The molecule has 5 atom stereocenters. The summed E-state index contributed by atoms with van der Waals surface area (Å²) in [4.78, 5) is 0. The normalized spacial score (nSPS) is 29.3. The predicted molar refractivity (Wildman–Crippen MR) is 95.9 cm³/mol. The molecule has 0 amide bonds. The van der Waals surface area contributed by atoms with Crippen LogP contribution in [0.2, 0.25) is 0 Å². The van der Waals surface area contributed by atoms with Gasteiger partial charge in [0, 0.05) is 6.04 Å². The van der Waals surface area contributed by atoms with Crippen molar-refractivity contribution in [2.24, 2.45) is 11.8 Å². The molecule has 0 aliphatic heterocycles. The molecule has 1 saturated carbocycles. The van der Waals surface area contributed by atoms with Crippen LogP contribution in [0, 0.1) is 11.8 Å². The molecule has 1 fully saturated rings. The van der Waals surface area contributed by atoms with Crippen molar-refractivity contribution in [3.63, 3.8) is 0 Å². The van der Waals surface area contributed by atoms with Crippen LogP contribution < -0.4 is 5.32 Å². The molecule has 0 aromatic carbocycles. The highest BCUT2D eigenvalue weighted by Gasteiger charge is 2.40. The van der Waals surface area contributed by atoms with E-state index in [0.29, 0.717) is 31.3 Å². The van der Waals surface area contributed by atoms with Crippen molar-refractivity contribution >= 4 is 0 Å². The molecule has 2 rings (SSSR count). The van der Waals surface area contributed by atoms with Crippen LogP contribution in [0.1, 0.15) is 64.7 Å². The number of halogens is 5. The minimum atomic E-state index is -4.17. The van der Waals surface area contributed by atoms with Crippen molar-refractivity contribution in [2.45, 2.75) is 89.3 Å². The highest BCUT2D eigenvalue weighted by atomic mass is 19.4. The topological polar surface area (TPSA) is 21.3 Å². The second kappa shape index (κ2) is 10.7. The lowest BCUT2D eigenvalue weighted by Gasteiger charge is -2.28. The Kier molecular flexibility index (Phi) is 8.99. The number of hydrogen-bond donors (Lipinski definition) is 1. The first-order valence-electron chi connectivity index (χ1n) is 10.1. The molecule has 0 bridgehead atoms. The van der Waals surface area contributed by atoms with Crippen LogP contribution in [0.3, 0.4) is 0 Å². The van der Waals surface area contributed by atoms with Gasteiger partial charge in [-0.1, -0.05) is 18.9 Å². The Morgan fingerprint density at radius 2 is 1.96 bits per heavy atom. The summed E-state index contributed by atoms with van der Waals surface area (Å²) in [7, 11) is 0. The van der Waals surface area contributed by atoms with E-state index < -0.39 is 30.5 Å². The highest BCUT2D eigenvalue weighted by molar-refractivity contribution is 5.08. The maximum Gasteiger partial charge on any atom is 0.392 e. The number of ether oxygens (including phenoxy) is 1. The zero-order valence-electron chi connectivity index (χ0n) is 16.0. The van der Waals surface area contributed by atoms with Crippen LogP contribution >= 0.6 is 0 Å². The Morgan fingerprint density at radius 3 is 2.63 bits per heavy atom. The summed E-state index contributed by atoms with van der Waals surface area (Å²) < 4.78 is 71.6. The number of nitrogens with one attached hydrogen (secondary N) is 1. The van der Waals surface area contributed by atoms with Gasteiger partial charge >= 0.3 is 6.18 Å². The lowest BCUT2D eigenvalue weighted by molar-refractivity contribution is -0.177. The summed E-state index contributed by atoms with van der Waals surface area (Å²) in [5.41, 5.74) is 0.651. The standard InChI is InChI=1S/C20H32F5NO/c1-14(21)19(10-9-16-6-2-3-8-18(16)22)26-13-27-12-15-5-4-7-17(11-15)20(23,24)25/h5,14,16-19,26H,2-4,6-13H2,1H3. The molecule has 0 heterocycles. The molecule has 0 aromatic rings. The Labute approximate surface area is 158 Å². The van der Waals surface area contributed by atoms with Crippen molar-refractivity contribution in [2.75, 3.05) is 13.3 Å². The van der Waals surface area contributed by atoms with E-state index in [0.717, 1.165) is 19.3 Å². The quantitative estimate of drug-likeness (QED) is 0.227. The van der Waals surface area contributed by atoms with E-state index in [1.165, 1.54) is 6.92 Å². The van der Waals surface area contributed by atoms with Crippen molar-refractivity contribution in [1.82, 2.24) is 5.32 Å². The Balaban J connectivity index is 1.68. The Hall–Kier alpha value is -0.690. The van der Waals surface area contributed by atoms with Crippen molar-refractivity contribution < 1.29 is 26.7 Å². The number of rotatable bonds is 9. The van der Waals surface area contributed by atoms with Gasteiger partial charge in [0.1, 0.15) is 12.3 Å². The molecule has 158 valence electrons. The van der Waals surface area contributed by atoms with Gasteiger partial charge in [-0.25, -0.2) is 8.78 Å². The van der Waals surface area contributed by atoms with Crippen LogP contribution in [-0.4, -0.2) is 37.9 Å². The molecular formula is C20H32F5NO. The van der Waals surface area contributed by atoms with E-state index >= 15 is 0 Å². The van der Waals surface area contributed by atoms with Gasteiger partial charge in [0.2, 0.25) is 0 Å². The van der Waals surface area contributed by atoms with Gasteiger partial charge in [-0.3, -0.25) is 5.32 Å². The maximum atomic E-state index is 13.9. The summed E-state index contributed by atoms with van der Waals surface area (Å²) in [5.74, 6) is -1.29. The monoisotopic (exact) mass is 397 g/mol. The molecule has 0 radical (unpaired) electrons. The number of alkyl halides is 5. The Bertz CT molecular complexity index is 466. The molecule has 1 N–H and O–H groups in total. The van der Waals surface area contributed by atoms with Gasteiger partial charge in [-0.2, -0.15) is 13.2 Å². The molecule has 2 nitrogen and oxygen atoms in total. The van der Waals surface area contributed by atoms with E-state index in [1.807, 2.05) is 6.08 Å². The third kappa shape index (κ3) is 7.68. The fraction of sp³-hybridized carbons (Fsp3) is 0.900. The van der Waals surface area contributed by atoms with Gasteiger partial charge < -0.3 is 4.74 Å². The van der Waals surface area contributed by atoms with Crippen LogP contribution in [0.4, 0.5) is 22.0 Å². The summed E-state index contributed by atoms with van der Waals surface area (Å²) in [6, 6.07) is -0.428. The molecule has 7 heteroatoms. The van der Waals surface area contributed by atoms with Gasteiger partial charge in [0.25, 0.3) is 0 Å². The zero-order valence-corrected chi connectivity index (χ0v) is 16.0. The molecule has 2 aliphatic carbocycles. The van der Waals surface area contributed by atoms with E-state index in [4.69, 9.17) is 4.74 Å². The second-order valence-electron chi connectivity index (χ2n) is 8.00. The summed E-state index contributed by atoms with van der Waals surface area (Å²) in [6.45, 7) is 1.67. The van der Waals surface area contributed by atoms with Gasteiger partial charge in [0.15, 0.2) is 0 Å². The Morgan fingerprint density at radius 1 is 1.22 bits per heavy atom. The minimum Gasteiger partial charge on any atom is -0.362 e. The fourth-order valence-electron chi connectivity index (χ4n) is 4.11. The van der Waals surface area contributed by atoms with Crippen LogP contribution in [0.25, 0.3) is 0 Å². The minimum absolute atomic E-state index is 0.00872. The van der Waals surface area contributed by atoms with Crippen LogP contribution in [0.15, 0.2) is 11.6 Å². The van der Waals surface area contributed by atoms with E-state index in [2.05, 4.69) is 5.32 Å². The first kappa shape index (κ1) is 22.6. The second-order valence-corrected chi connectivity index (χ2v) is 8.00. The van der Waals surface area contributed by atoms with Gasteiger partial charge in [0.05, 0.1) is 19.3 Å². The zero-order chi connectivity index (χ0) is 19.9. The predicted octanol–water partition coefficient (Wildman–Crippen LogP) is 5.87. The average molecular weight is 397 g/mol. The largest absolute Gasteiger partial charge is 0.392 e. The molecule has 27 heavy (non-hydrogen) atoms. The van der Waals surface area contributed by atoms with Crippen molar-refractivity contribution in [1.29, 1.82) is 0 Å². The molecule has 2 aliphatic rings. The third-order valence-corrected chi connectivity index (χ3v) is 5.87. The first-order chi connectivity index (χ1) is 12.8. The number of allylic oxidation sites excluding steroid dienone is 1. The summed E-state index contributed by atoms with van der Waals surface area (Å²) >= 11 is 0. The molecule has 0 aromatic heterocycles. The van der Waals surface area contributed by atoms with Crippen molar-refractivity contribution in [3.05, 3.63) is 11.6 Å². The molecular weight excluding hydrogens is 365 g/mol. The number of hydrogen-bond acceptors (Lipinski definition) is 2. The average Bonchev–Trinajstić information content (AvgIpc) is 2.61.